The second-order valence-electron chi connectivity index (χ2n) is 5.95. The van der Waals surface area contributed by atoms with Crippen LogP contribution < -0.4 is 0 Å². The van der Waals surface area contributed by atoms with Crippen LogP contribution in [0, 0.1) is 0 Å². The summed E-state index contributed by atoms with van der Waals surface area (Å²) in [4.78, 5) is 0.273. The highest BCUT2D eigenvalue weighted by Gasteiger charge is 2.32. The molecule has 1 aromatic carbocycles. The summed E-state index contributed by atoms with van der Waals surface area (Å²) in [5.74, 6) is 0.0406. The smallest absolute Gasteiger partial charge is 0.212 e. The molecule has 0 aliphatic carbocycles. The third-order valence-corrected chi connectivity index (χ3v) is 8.13. The predicted octanol–water partition coefficient (Wildman–Crippen LogP) is 1.69. The monoisotopic (exact) mass is 374 g/mol. The van der Waals surface area contributed by atoms with Crippen LogP contribution in [0.5, 0.6) is 0 Å². The summed E-state index contributed by atoms with van der Waals surface area (Å²) in [6.45, 7) is 4.53. The molecule has 8 heteroatoms. The van der Waals surface area contributed by atoms with Gasteiger partial charge in [-0.2, -0.15) is 8.61 Å². The molecular formula is C16H26N2O4S2. The molecule has 0 aromatic heterocycles. The average molecular weight is 375 g/mol. The van der Waals surface area contributed by atoms with E-state index in [-0.39, 0.29) is 36.8 Å². The van der Waals surface area contributed by atoms with Gasteiger partial charge in [0.05, 0.1) is 10.6 Å². The van der Waals surface area contributed by atoms with Gasteiger partial charge in [-0.25, -0.2) is 16.8 Å². The number of nitrogens with zero attached hydrogens (tertiary/aromatic N) is 2. The largest absolute Gasteiger partial charge is 0.243 e. The van der Waals surface area contributed by atoms with E-state index in [1.807, 2.05) is 12.1 Å². The molecule has 0 spiro atoms. The van der Waals surface area contributed by atoms with Crippen molar-refractivity contribution < 1.29 is 16.8 Å². The van der Waals surface area contributed by atoms with Gasteiger partial charge in [0.15, 0.2) is 0 Å². The van der Waals surface area contributed by atoms with Crippen LogP contribution >= 0.6 is 0 Å². The Bertz CT molecular complexity index is 735. The first-order valence-corrected chi connectivity index (χ1v) is 11.4. The number of hydrogen-bond donors (Lipinski definition) is 0. The van der Waals surface area contributed by atoms with Gasteiger partial charge in [-0.3, -0.25) is 0 Å². The van der Waals surface area contributed by atoms with Crippen LogP contribution in [0.15, 0.2) is 29.2 Å². The summed E-state index contributed by atoms with van der Waals surface area (Å²) in [6.07, 6.45) is 3.13. The van der Waals surface area contributed by atoms with Crippen molar-refractivity contribution in [3.05, 3.63) is 29.8 Å². The number of sulfonamides is 2. The summed E-state index contributed by atoms with van der Waals surface area (Å²) in [7, 11) is -6.82. The van der Waals surface area contributed by atoms with Crippen molar-refractivity contribution in [2.75, 3.05) is 31.9 Å². The van der Waals surface area contributed by atoms with Crippen LogP contribution in [0.1, 0.15) is 32.3 Å². The zero-order valence-electron chi connectivity index (χ0n) is 14.3. The van der Waals surface area contributed by atoms with Crippen molar-refractivity contribution in [1.82, 2.24) is 8.61 Å². The molecule has 1 saturated heterocycles. The number of piperazine rings is 1. The minimum Gasteiger partial charge on any atom is -0.212 e. The third kappa shape index (κ3) is 4.36. The molecule has 0 radical (unpaired) electrons. The van der Waals surface area contributed by atoms with Gasteiger partial charge in [0.1, 0.15) is 0 Å². The molecule has 136 valence electrons. The lowest BCUT2D eigenvalue weighted by Crippen LogP contribution is -2.50. The number of rotatable bonds is 7. The maximum absolute atomic E-state index is 12.7. The summed E-state index contributed by atoms with van der Waals surface area (Å²) in [5, 5.41) is 0. The maximum atomic E-state index is 12.7. The summed E-state index contributed by atoms with van der Waals surface area (Å²) in [6, 6.07) is 7.02. The Morgan fingerprint density at radius 2 is 1.42 bits per heavy atom. The average Bonchev–Trinajstić information content (AvgIpc) is 2.60. The third-order valence-electron chi connectivity index (χ3n) is 4.34. The molecule has 0 atom stereocenters. The van der Waals surface area contributed by atoms with Crippen LogP contribution in [0.25, 0.3) is 0 Å². The zero-order valence-corrected chi connectivity index (χ0v) is 15.9. The van der Waals surface area contributed by atoms with Crippen molar-refractivity contribution in [1.29, 1.82) is 0 Å². The summed E-state index contributed by atoms with van der Waals surface area (Å²) >= 11 is 0. The Hall–Kier alpha value is -0.960. The molecular weight excluding hydrogens is 348 g/mol. The van der Waals surface area contributed by atoms with Crippen molar-refractivity contribution in [3.8, 4) is 0 Å². The first-order valence-electron chi connectivity index (χ1n) is 8.38. The number of benzene rings is 1. The van der Waals surface area contributed by atoms with Gasteiger partial charge in [-0.15, -0.1) is 0 Å². The van der Waals surface area contributed by atoms with E-state index in [1.54, 1.807) is 19.1 Å². The standard InChI is InChI=1S/C16H26N2O4S2/c1-3-5-6-15-7-9-16(10-8-15)24(21,22)18-13-11-17(12-14-18)23(19,20)4-2/h7-10H,3-6,11-14H2,1-2H3. The van der Waals surface area contributed by atoms with Crippen molar-refractivity contribution in [2.45, 2.75) is 38.0 Å². The molecule has 1 fully saturated rings. The first kappa shape index (κ1) is 19.4. The molecule has 1 heterocycles. The molecule has 0 bridgehead atoms. The van der Waals surface area contributed by atoms with Crippen LogP contribution in [0.3, 0.4) is 0 Å². The molecule has 0 saturated carbocycles. The van der Waals surface area contributed by atoms with Crippen LogP contribution in [0.2, 0.25) is 0 Å². The second kappa shape index (κ2) is 7.95. The molecule has 2 rings (SSSR count). The van der Waals surface area contributed by atoms with Gasteiger partial charge in [-0.05, 0) is 37.5 Å². The first-order chi connectivity index (χ1) is 11.3. The highest BCUT2D eigenvalue weighted by atomic mass is 32.2. The molecule has 0 amide bonds. The van der Waals surface area contributed by atoms with Crippen molar-refractivity contribution in [3.63, 3.8) is 0 Å². The fourth-order valence-corrected chi connectivity index (χ4v) is 5.24. The molecule has 1 aromatic rings. The van der Waals surface area contributed by atoms with Gasteiger partial charge in [-0.1, -0.05) is 25.5 Å². The quantitative estimate of drug-likeness (QED) is 0.728. The van der Waals surface area contributed by atoms with Crippen molar-refractivity contribution in [2.24, 2.45) is 0 Å². The van der Waals surface area contributed by atoms with E-state index >= 15 is 0 Å². The van der Waals surface area contributed by atoms with Gasteiger partial charge >= 0.3 is 0 Å². The van der Waals surface area contributed by atoms with E-state index in [0.717, 1.165) is 24.8 Å². The predicted molar refractivity (Wildman–Crippen MR) is 94.8 cm³/mol. The molecule has 6 nitrogen and oxygen atoms in total. The molecule has 24 heavy (non-hydrogen) atoms. The van der Waals surface area contributed by atoms with E-state index in [2.05, 4.69) is 6.92 Å². The molecule has 0 unspecified atom stereocenters. The van der Waals surface area contributed by atoms with E-state index in [1.165, 1.54) is 8.61 Å². The Morgan fingerprint density at radius 3 is 1.92 bits per heavy atom. The lowest BCUT2D eigenvalue weighted by Gasteiger charge is -2.33. The van der Waals surface area contributed by atoms with Crippen LogP contribution in [0.4, 0.5) is 0 Å². The molecule has 1 aliphatic rings. The van der Waals surface area contributed by atoms with Gasteiger partial charge in [0, 0.05) is 26.2 Å². The normalized spacial score (nSPS) is 17.9. The number of unbranched alkanes of at least 4 members (excludes halogenated alkanes) is 1. The van der Waals surface area contributed by atoms with Crippen LogP contribution in [-0.4, -0.2) is 57.4 Å². The Morgan fingerprint density at radius 1 is 0.875 bits per heavy atom. The Kier molecular flexibility index (Phi) is 6.41. The molecule has 1 aliphatic heterocycles. The summed E-state index contributed by atoms with van der Waals surface area (Å²) < 4.78 is 51.9. The van der Waals surface area contributed by atoms with E-state index in [0.29, 0.717) is 0 Å². The van der Waals surface area contributed by atoms with Crippen molar-refractivity contribution >= 4 is 20.0 Å². The lowest BCUT2D eigenvalue weighted by molar-refractivity contribution is 0.273. The fourth-order valence-electron chi connectivity index (χ4n) is 2.73. The lowest BCUT2D eigenvalue weighted by atomic mass is 10.1. The highest BCUT2D eigenvalue weighted by molar-refractivity contribution is 7.89. The second-order valence-corrected chi connectivity index (χ2v) is 10.1. The SMILES string of the molecule is CCCCc1ccc(S(=O)(=O)N2CCN(S(=O)(=O)CC)CC2)cc1. The van der Waals surface area contributed by atoms with Crippen LogP contribution in [-0.2, 0) is 26.5 Å². The number of hydrogen-bond acceptors (Lipinski definition) is 4. The maximum Gasteiger partial charge on any atom is 0.243 e. The molecule has 0 N–H and O–H groups in total. The topological polar surface area (TPSA) is 74.8 Å². The summed E-state index contributed by atoms with van der Waals surface area (Å²) in [5.41, 5.74) is 1.13. The minimum absolute atomic E-state index is 0.0406. The van der Waals surface area contributed by atoms with E-state index < -0.39 is 20.0 Å². The van der Waals surface area contributed by atoms with Gasteiger partial charge in [0.2, 0.25) is 20.0 Å². The van der Waals surface area contributed by atoms with E-state index in [4.69, 9.17) is 0 Å². The van der Waals surface area contributed by atoms with Gasteiger partial charge < -0.3 is 0 Å². The minimum atomic E-state index is -3.56. The zero-order chi connectivity index (χ0) is 17.8. The highest BCUT2D eigenvalue weighted by Crippen LogP contribution is 2.20. The number of aryl methyl sites for hydroxylation is 1. The Labute approximate surface area is 145 Å². The Balaban J connectivity index is 2.06. The van der Waals surface area contributed by atoms with Gasteiger partial charge in [0.25, 0.3) is 0 Å². The fraction of sp³-hybridized carbons (Fsp3) is 0.625. The van der Waals surface area contributed by atoms with E-state index in [9.17, 15) is 16.8 Å².